The van der Waals surface area contributed by atoms with E-state index >= 15 is 0 Å². The number of non-ortho nitro benzene ring substituents is 1. The van der Waals surface area contributed by atoms with Gasteiger partial charge in [-0.1, -0.05) is 6.07 Å². The minimum atomic E-state index is -0.687. The van der Waals surface area contributed by atoms with Gasteiger partial charge in [0.15, 0.2) is 0 Å². The third-order valence-corrected chi connectivity index (χ3v) is 3.99. The molecule has 0 radical (unpaired) electrons. The molecule has 1 aromatic heterocycles. The Labute approximate surface area is 138 Å². The number of ether oxygens (including phenoxy) is 1. The van der Waals surface area contributed by atoms with Crippen LogP contribution in [-0.2, 0) is 6.54 Å². The monoisotopic (exact) mass is 337 g/mol. The summed E-state index contributed by atoms with van der Waals surface area (Å²) in [5, 5.41) is 21.7. The zero-order valence-corrected chi connectivity index (χ0v) is 13.8. The number of aryl methyl sites for hydroxylation is 1. The van der Waals surface area contributed by atoms with E-state index in [2.05, 4.69) is 4.98 Å². The van der Waals surface area contributed by atoms with Crippen LogP contribution in [0.25, 0.3) is 0 Å². The summed E-state index contributed by atoms with van der Waals surface area (Å²) in [5.41, 5.74) is -0.0327. The maximum atomic E-state index is 10.7. The molecule has 2 rings (SSSR count). The van der Waals surface area contributed by atoms with E-state index in [0.29, 0.717) is 18.8 Å². The molecule has 0 bridgehead atoms. The summed E-state index contributed by atoms with van der Waals surface area (Å²) in [4.78, 5) is 17.5. The van der Waals surface area contributed by atoms with Gasteiger partial charge in [-0.3, -0.25) is 15.0 Å². The Kier molecular flexibility index (Phi) is 6.03. The molecule has 0 aliphatic heterocycles. The lowest BCUT2D eigenvalue weighted by molar-refractivity contribution is -0.384. The van der Waals surface area contributed by atoms with E-state index in [1.165, 1.54) is 12.1 Å². The van der Waals surface area contributed by atoms with Gasteiger partial charge in [0.2, 0.25) is 0 Å². The second-order valence-corrected chi connectivity index (χ2v) is 6.58. The van der Waals surface area contributed by atoms with Crippen LogP contribution in [0, 0.1) is 17.0 Å². The van der Waals surface area contributed by atoms with Crippen molar-refractivity contribution < 1.29 is 14.8 Å². The van der Waals surface area contributed by atoms with Gasteiger partial charge >= 0.3 is 0 Å². The smallest absolute Gasteiger partial charge is 0.273 e. The number of aliphatic hydroxyl groups excluding tert-OH is 1. The number of nitro groups is 1. The van der Waals surface area contributed by atoms with Crippen LogP contribution in [-0.4, -0.2) is 46.2 Å². The van der Waals surface area contributed by atoms with Crippen molar-refractivity contribution in [1.82, 2.24) is 9.88 Å². The minimum absolute atomic E-state index is 0.0327. The normalized spacial score (nSPS) is 12.3. The molecule has 1 aromatic carbocycles. The quantitative estimate of drug-likeness (QED) is 0.587. The predicted molar refractivity (Wildman–Crippen MR) is 87.8 cm³/mol. The number of nitro benzene ring substituents is 1. The van der Waals surface area contributed by atoms with E-state index in [9.17, 15) is 15.2 Å². The zero-order valence-electron chi connectivity index (χ0n) is 13.0. The molecule has 8 heteroatoms. The van der Waals surface area contributed by atoms with Gasteiger partial charge in [-0.05, 0) is 20.0 Å². The summed E-state index contributed by atoms with van der Waals surface area (Å²) in [6, 6.07) is 5.92. The summed E-state index contributed by atoms with van der Waals surface area (Å²) < 4.78 is 5.42. The van der Waals surface area contributed by atoms with Crippen LogP contribution in [0.2, 0.25) is 0 Å². The molecule has 124 valence electrons. The van der Waals surface area contributed by atoms with Crippen molar-refractivity contribution in [1.29, 1.82) is 0 Å². The van der Waals surface area contributed by atoms with Crippen molar-refractivity contribution in [3.05, 3.63) is 50.5 Å². The van der Waals surface area contributed by atoms with Crippen molar-refractivity contribution in [3.63, 3.8) is 0 Å². The van der Waals surface area contributed by atoms with Gasteiger partial charge < -0.3 is 9.84 Å². The number of benzene rings is 1. The van der Waals surface area contributed by atoms with Crippen LogP contribution < -0.4 is 4.74 Å². The van der Waals surface area contributed by atoms with E-state index in [-0.39, 0.29) is 12.3 Å². The van der Waals surface area contributed by atoms with Crippen molar-refractivity contribution in [3.8, 4) is 5.75 Å². The van der Waals surface area contributed by atoms with Gasteiger partial charge in [0.05, 0.1) is 16.0 Å². The SMILES string of the molecule is Cc1ncc(CN(C)C[C@@H](O)COc2cccc([N+](=O)[O-])c2)s1. The molecule has 1 N–H and O–H groups in total. The summed E-state index contributed by atoms with van der Waals surface area (Å²) in [7, 11) is 1.91. The Morgan fingerprint density at radius 1 is 1.52 bits per heavy atom. The molecule has 0 saturated heterocycles. The topological polar surface area (TPSA) is 88.7 Å². The van der Waals surface area contributed by atoms with Gasteiger partial charge in [-0.25, -0.2) is 4.98 Å². The largest absolute Gasteiger partial charge is 0.491 e. The third-order valence-electron chi connectivity index (χ3n) is 3.09. The molecule has 7 nitrogen and oxygen atoms in total. The van der Waals surface area contributed by atoms with Crippen molar-refractivity contribution >= 4 is 17.0 Å². The highest BCUT2D eigenvalue weighted by Crippen LogP contribution is 2.19. The summed E-state index contributed by atoms with van der Waals surface area (Å²) in [6.45, 7) is 3.17. The van der Waals surface area contributed by atoms with E-state index in [1.807, 2.05) is 25.1 Å². The molecule has 1 atom stereocenters. The van der Waals surface area contributed by atoms with Crippen LogP contribution in [0.4, 0.5) is 5.69 Å². The Hall–Kier alpha value is -2.03. The fraction of sp³-hybridized carbons (Fsp3) is 0.400. The lowest BCUT2D eigenvalue weighted by atomic mass is 10.3. The van der Waals surface area contributed by atoms with E-state index in [4.69, 9.17) is 4.74 Å². The molecule has 23 heavy (non-hydrogen) atoms. The molecule has 0 unspecified atom stereocenters. The average Bonchev–Trinajstić information content (AvgIpc) is 2.90. The number of nitrogens with zero attached hydrogens (tertiary/aromatic N) is 3. The van der Waals surface area contributed by atoms with Crippen LogP contribution in [0.15, 0.2) is 30.5 Å². The molecule has 0 aliphatic carbocycles. The van der Waals surface area contributed by atoms with Crippen LogP contribution in [0.3, 0.4) is 0 Å². The zero-order chi connectivity index (χ0) is 16.8. The molecular weight excluding hydrogens is 318 g/mol. The molecule has 0 fully saturated rings. The second-order valence-electron chi connectivity index (χ2n) is 5.26. The molecular formula is C15H19N3O4S. The second kappa shape index (κ2) is 8.00. The Balaban J connectivity index is 1.79. The molecule has 2 aromatic rings. The fourth-order valence-corrected chi connectivity index (χ4v) is 2.98. The van der Waals surface area contributed by atoms with Gasteiger partial charge in [-0.2, -0.15) is 0 Å². The van der Waals surface area contributed by atoms with Crippen LogP contribution >= 0.6 is 11.3 Å². The minimum Gasteiger partial charge on any atom is -0.491 e. The Morgan fingerprint density at radius 3 is 2.96 bits per heavy atom. The highest BCUT2D eigenvalue weighted by molar-refractivity contribution is 7.11. The standard InChI is InChI=1S/C15H19N3O4S/c1-11-16-7-15(23-11)9-17(2)8-13(19)10-22-14-5-3-4-12(6-14)18(20)21/h3-7,13,19H,8-10H2,1-2H3/t13-/m1/s1. The first-order valence-corrected chi connectivity index (χ1v) is 7.91. The number of aliphatic hydroxyl groups is 1. The van der Waals surface area contributed by atoms with E-state index in [1.54, 1.807) is 23.5 Å². The highest BCUT2D eigenvalue weighted by atomic mass is 32.1. The molecule has 0 saturated carbocycles. The number of hydrogen-bond acceptors (Lipinski definition) is 7. The van der Waals surface area contributed by atoms with E-state index in [0.717, 1.165) is 9.88 Å². The van der Waals surface area contributed by atoms with Gasteiger partial charge in [0.25, 0.3) is 5.69 Å². The first kappa shape index (κ1) is 17.3. The number of aromatic nitrogens is 1. The maximum Gasteiger partial charge on any atom is 0.273 e. The van der Waals surface area contributed by atoms with E-state index < -0.39 is 11.0 Å². The number of hydrogen-bond donors (Lipinski definition) is 1. The molecule has 0 aliphatic rings. The van der Waals surface area contributed by atoms with Gasteiger partial charge in [-0.15, -0.1) is 11.3 Å². The van der Waals surface area contributed by atoms with Crippen LogP contribution in [0.1, 0.15) is 9.88 Å². The lowest BCUT2D eigenvalue weighted by Crippen LogP contribution is -2.32. The number of rotatable bonds is 8. The lowest BCUT2D eigenvalue weighted by Gasteiger charge is -2.20. The summed E-state index contributed by atoms with van der Waals surface area (Å²) in [5.74, 6) is 0.374. The maximum absolute atomic E-state index is 10.7. The van der Waals surface area contributed by atoms with Crippen LogP contribution in [0.5, 0.6) is 5.75 Å². The first-order valence-electron chi connectivity index (χ1n) is 7.09. The predicted octanol–water partition coefficient (Wildman–Crippen LogP) is 2.23. The van der Waals surface area contributed by atoms with Crippen molar-refractivity contribution in [2.75, 3.05) is 20.2 Å². The molecule has 0 spiro atoms. The fourth-order valence-electron chi connectivity index (χ4n) is 2.10. The Morgan fingerprint density at radius 2 is 2.30 bits per heavy atom. The average molecular weight is 337 g/mol. The number of likely N-dealkylation sites (N-methyl/N-ethyl adjacent to an activating group) is 1. The summed E-state index contributed by atoms with van der Waals surface area (Å²) >= 11 is 1.63. The molecule has 0 amide bonds. The first-order chi connectivity index (χ1) is 10.9. The Bertz CT molecular complexity index is 662. The van der Waals surface area contributed by atoms with Gasteiger partial charge in [0.1, 0.15) is 18.5 Å². The summed E-state index contributed by atoms with van der Waals surface area (Å²) in [6.07, 6.45) is 1.15. The third kappa shape index (κ3) is 5.59. The highest BCUT2D eigenvalue weighted by Gasteiger charge is 2.12. The number of thiazole rings is 1. The van der Waals surface area contributed by atoms with Gasteiger partial charge in [0, 0.05) is 30.2 Å². The van der Waals surface area contributed by atoms with Crippen molar-refractivity contribution in [2.24, 2.45) is 0 Å². The van der Waals surface area contributed by atoms with Crippen molar-refractivity contribution in [2.45, 2.75) is 19.6 Å². The molecule has 1 heterocycles.